The number of fused-ring (bicyclic) bond motifs is 1. The van der Waals surface area contributed by atoms with Crippen molar-refractivity contribution in [2.24, 2.45) is 0 Å². The molecule has 0 aliphatic rings. The molecule has 0 unspecified atom stereocenters. The maximum Gasteiger partial charge on any atom is 0.269 e. The second kappa shape index (κ2) is 7.19. The van der Waals surface area contributed by atoms with E-state index in [1.165, 1.54) is 10.8 Å². The van der Waals surface area contributed by atoms with Gasteiger partial charge in [0.2, 0.25) is 5.95 Å². The van der Waals surface area contributed by atoms with Crippen LogP contribution in [0.2, 0.25) is 5.02 Å². The molecule has 0 aliphatic heterocycles. The molecule has 0 bridgehead atoms. The molecular formula is C20H15ClN4O2. The van der Waals surface area contributed by atoms with Gasteiger partial charge in [-0.25, -0.2) is 9.55 Å². The number of pyridine rings is 1. The van der Waals surface area contributed by atoms with Crippen molar-refractivity contribution in [1.82, 2.24) is 14.5 Å². The van der Waals surface area contributed by atoms with Crippen LogP contribution >= 0.6 is 11.6 Å². The highest BCUT2D eigenvalue weighted by Crippen LogP contribution is 2.21. The number of aliphatic hydroxyl groups excluding tert-OH is 1. The number of hydrogen-bond acceptors (Lipinski definition) is 5. The molecular weight excluding hydrogens is 364 g/mol. The van der Waals surface area contributed by atoms with Crippen LogP contribution in [0.3, 0.4) is 0 Å². The average molecular weight is 379 g/mol. The highest BCUT2D eigenvalue weighted by atomic mass is 35.5. The SMILES string of the molecule is O=c1c2cc(Cl)cnc2nc(Nc2ccc(CO)cc2)n1-c1ccccc1. The Balaban J connectivity index is 1.91. The number of para-hydroxylation sites is 1. The Morgan fingerprint density at radius 3 is 2.52 bits per heavy atom. The zero-order valence-electron chi connectivity index (χ0n) is 14.1. The summed E-state index contributed by atoms with van der Waals surface area (Å²) in [5.74, 6) is 0.338. The van der Waals surface area contributed by atoms with Crippen LogP contribution in [0.25, 0.3) is 16.7 Å². The third kappa shape index (κ3) is 3.40. The van der Waals surface area contributed by atoms with Crippen LogP contribution in [0, 0.1) is 0 Å². The van der Waals surface area contributed by atoms with Gasteiger partial charge in [0, 0.05) is 11.9 Å². The molecule has 7 heteroatoms. The van der Waals surface area contributed by atoms with Crippen LogP contribution in [0.15, 0.2) is 71.7 Å². The molecule has 4 aromatic rings. The summed E-state index contributed by atoms with van der Waals surface area (Å²) in [6, 6.07) is 18.0. The number of rotatable bonds is 4. The summed E-state index contributed by atoms with van der Waals surface area (Å²) in [7, 11) is 0. The zero-order valence-corrected chi connectivity index (χ0v) is 14.9. The number of nitrogens with zero attached hydrogens (tertiary/aromatic N) is 3. The standard InChI is InChI=1S/C20H15ClN4O2/c21-14-10-17-18(22-11-14)24-20(23-15-8-6-13(12-26)7-9-15)25(19(17)27)16-4-2-1-3-5-16/h1-11,26H,12H2,(H,22,23,24). The fourth-order valence-corrected chi connectivity index (χ4v) is 2.93. The second-order valence-electron chi connectivity index (χ2n) is 5.92. The molecule has 6 nitrogen and oxygen atoms in total. The molecule has 0 amide bonds. The predicted octanol–water partition coefficient (Wildman–Crippen LogP) is 3.67. The van der Waals surface area contributed by atoms with E-state index in [9.17, 15) is 9.90 Å². The van der Waals surface area contributed by atoms with Gasteiger partial charge in [-0.2, -0.15) is 4.98 Å². The first-order chi connectivity index (χ1) is 13.2. The van der Waals surface area contributed by atoms with Gasteiger partial charge in [0.1, 0.15) is 0 Å². The second-order valence-corrected chi connectivity index (χ2v) is 6.35. The summed E-state index contributed by atoms with van der Waals surface area (Å²) in [4.78, 5) is 21.8. The molecule has 2 N–H and O–H groups in total. The van der Waals surface area contributed by atoms with Crippen molar-refractivity contribution in [1.29, 1.82) is 0 Å². The van der Waals surface area contributed by atoms with Crippen LogP contribution in [0.5, 0.6) is 0 Å². The number of aromatic nitrogens is 3. The molecule has 4 rings (SSSR count). The number of benzene rings is 2. The molecule has 0 saturated carbocycles. The molecule has 2 aromatic carbocycles. The maximum atomic E-state index is 13.1. The lowest BCUT2D eigenvalue weighted by molar-refractivity contribution is 0.282. The fourth-order valence-electron chi connectivity index (χ4n) is 2.77. The number of aliphatic hydroxyl groups is 1. The van der Waals surface area contributed by atoms with Crippen LogP contribution in [-0.4, -0.2) is 19.6 Å². The molecule has 0 fully saturated rings. The summed E-state index contributed by atoms with van der Waals surface area (Å²) in [5.41, 5.74) is 2.24. The molecule has 0 aliphatic carbocycles. The van der Waals surface area contributed by atoms with Gasteiger partial charge < -0.3 is 10.4 Å². The lowest BCUT2D eigenvalue weighted by Crippen LogP contribution is -2.23. The molecule has 27 heavy (non-hydrogen) atoms. The first kappa shape index (κ1) is 17.2. The molecule has 2 heterocycles. The number of hydrogen-bond donors (Lipinski definition) is 2. The van der Waals surface area contributed by atoms with Gasteiger partial charge in [-0.05, 0) is 35.9 Å². The van der Waals surface area contributed by atoms with E-state index in [0.717, 1.165) is 11.3 Å². The Morgan fingerprint density at radius 2 is 1.81 bits per heavy atom. The lowest BCUT2D eigenvalue weighted by atomic mass is 10.2. The third-order valence-electron chi connectivity index (χ3n) is 4.10. The zero-order chi connectivity index (χ0) is 18.8. The fraction of sp³-hybridized carbons (Fsp3) is 0.0500. The summed E-state index contributed by atoms with van der Waals surface area (Å²) < 4.78 is 1.49. The van der Waals surface area contributed by atoms with E-state index in [0.29, 0.717) is 27.7 Å². The first-order valence-corrected chi connectivity index (χ1v) is 8.64. The summed E-state index contributed by atoms with van der Waals surface area (Å²) >= 11 is 6.01. The van der Waals surface area contributed by atoms with Crippen LogP contribution in [0.4, 0.5) is 11.6 Å². The molecule has 0 spiro atoms. The van der Waals surface area contributed by atoms with E-state index in [2.05, 4.69) is 15.3 Å². The average Bonchev–Trinajstić information content (AvgIpc) is 2.70. The molecule has 0 saturated heterocycles. The van der Waals surface area contributed by atoms with Crippen LogP contribution in [0.1, 0.15) is 5.56 Å². The number of halogens is 1. The van der Waals surface area contributed by atoms with Crippen LogP contribution < -0.4 is 10.9 Å². The van der Waals surface area contributed by atoms with Gasteiger partial charge in [-0.15, -0.1) is 0 Å². The first-order valence-electron chi connectivity index (χ1n) is 8.26. The molecule has 0 radical (unpaired) electrons. The summed E-state index contributed by atoms with van der Waals surface area (Å²) in [6.07, 6.45) is 1.46. The topological polar surface area (TPSA) is 80.0 Å². The van der Waals surface area contributed by atoms with Crippen molar-refractivity contribution in [3.05, 3.63) is 87.8 Å². The van der Waals surface area contributed by atoms with E-state index in [1.807, 2.05) is 42.5 Å². The van der Waals surface area contributed by atoms with Gasteiger partial charge in [-0.1, -0.05) is 41.9 Å². The highest BCUT2D eigenvalue weighted by Gasteiger charge is 2.14. The maximum absolute atomic E-state index is 13.1. The lowest BCUT2D eigenvalue weighted by Gasteiger charge is -2.15. The normalized spacial score (nSPS) is 10.9. The van der Waals surface area contributed by atoms with Crippen LogP contribution in [-0.2, 0) is 6.61 Å². The monoisotopic (exact) mass is 378 g/mol. The number of nitrogens with one attached hydrogen (secondary N) is 1. The van der Waals surface area contributed by atoms with Crippen molar-refractivity contribution in [2.45, 2.75) is 6.61 Å². The minimum Gasteiger partial charge on any atom is -0.392 e. The van der Waals surface area contributed by atoms with E-state index in [1.54, 1.807) is 18.2 Å². The third-order valence-corrected chi connectivity index (χ3v) is 4.30. The molecule has 2 aromatic heterocycles. The molecule has 0 atom stereocenters. The van der Waals surface area contributed by atoms with Gasteiger partial charge >= 0.3 is 0 Å². The van der Waals surface area contributed by atoms with Crippen molar-refractivity contribution >= 4 is 34.3 Å². The Kier molecular flexibility index (Phi) is 4.58. The Labute approximate surface area is 159 Å². The number of anilines is 2. The van der Waals surface area contributed by atoms with E-state index >= 15 is 0 Å². The summed E-state index contributed by atoms with van der Waals surface area (Å²) in [6.45, 7) is -0.0338. The largest absolute Gasteiger partial charge is 0.392 e. The van der Waals surface area contributed by atoms with Gasteiger partial charge in [0.25, 0.3) is 5.56 Å². The summed E-state index contributed by atoms with van der Waals surface area (Å²) in [5, 5.41) is 13.1. The van der Waals surface area contributed by atoms with Crippen molar-refractivity contribution in [3.8, 4) is 5.69 Å². The van der Waals surface area contributed by atoms with E-state index < -0.39 is 0 Å². The quantitative estimate of drug-likeness (QED) is 0.566. The minimum atomic E-state index is -0.268. The minimum absolute atomic E-state index is 0.0338. The van der Waals surface area contributed by atoms with Gasteiger partial charge in [-0.3, -0.25) is 4.79 Å². The Morgan fingerprint density at radius 1 is 1.07 bits per heavy atom. The smallest absolute Gasteiger partial charge is 0.269 e. The van der Waals surface area contributed by atoms with E-state index in [-0.39, 0.29) is 12.2 Å². The highest BCUT2D eigenvalue weighted by molar-refractivity contribution is 6.31. The van der Waals surface area contributed by atoms with Crippen molar-refractivity contribution < 1.29 is 5.11 Å². The van der Waals surface area contributed by atoms with E-state index in [4.69, 9.17) is 11.6 Å². The predicted molar refractivity (Wildman–Crippen MR) is 106 cm³/mol. The van der Waals surface area contributed by atoms with Crippen molar-refractivity contribution in [2.75, 3.05) is 5.32 Å². The van der Waals surface area contributed by atoms with Gasteiger partial charge in [0.15, 0.2) is 5.65 Å². The Bertz CT molecular complexity index is 1160. The van der Waals surface area contributed by atoms with Crippen molar-refractivity contribution in [3.63, 3.8) is 0 Å². The van der Waals surface area contributed by atoms with Gasteiger partial charge in [0.05, 0.1) is 22.7 Å². The Hall–Kier alpha value is -3.22. The molecule has 134 valence electrons.